The molecule has 0 aromatic carbocycles. The third-order valence-electron chi connectivity index (χ3n) is 3.96. The molecule has 0 aliphatic heterocycles. The Bertz CT molecular complexity index is 1070. The average molecular weight is 415 g/mol. The second-order valence-electron chi connectivity index (χ2n) is 5.89. The quantitative estimate of drug-likeness (QED) is 0.445. The number of pyridine rings is 3. The molecule has 0 radical (unpaired) electrons. The third-order valence-corrected chi connectivity index (χ3v) is 4.89. The van der Waals surface area contributed by atoms with E-state index in [0.717, 1.165) is 16.8 Å². The lowest BCUT2D eigenvalue weighted by molar-refractivity contribution is -0.287. The van der Waals surface area contributed by atoms with Gasteiger partial charge in [-0.2, -0.15) is 22.0 Å². The van der Waals surface area contributed by atoms with Crippen LogP contribution in [0.4, 0.5) is 22.0 Å². The number of thioether (sulfide) groups is 1. The van der Waals surface area contributed by atoms with Gasteiger partial charge in [-0.25, -0.2) is 0 Å². The van der Waals surface area contributed by atoms with Gasteiger partial charge in [0.1, 0.15) is 5.69 Å². The number of nitrogens with zero attached hydrogens (tertiary/aromatic N) is 3. The maximum Gasteiger partial charge on any atom is 0.455 e. The molecule has 0 saturated heterocycles. The molecule has 3 aromatic rings. The van der Waals surface area contributed by atoms with Gasteiger partial charge >= 0.3 is 12.1 Å². The largest absolute Gasteiger partial charge is 0.455 e. The van der Waals surface area contributed by atoms with E-state index in [0.29, 0.717) is 21.3 Å². The van der Waals surface area contributed by atoms with E-state index < -0.39 is 24.2 Å². The first-order chi connectivity index (χ1) is 13.1. The van der Waals surface area contributed by atoms with Crippen LogP contribution in [0.5, 0.6) is 0 Å². The zero-order valence-corrected chi connectivity index (χ0v) is 15.3. The Hall–Kier alpha value is -2.49. The SMILES string of the molecule is CCSc1cccnc1-c1cc2ccn(CC(F)(F)C(F)(F)F)c(=O)c2cn1. The molecule has 28 heavy (non-hydrogen) atoms. The van der Waals surface area contributed by atoms with Gasteiger partial charge in [-0.3, -0.25) is 14.8 Å². The van der Waals surface area contributed by atoms with Crippen molar-refractivity contribution in [1.29, 1.82) is 0 Å². The van der Waals surface area contributed by atoms with E-state index in [1.165, 1.54) is 12.3 Å². The van der Waals surface area contributed by atoms with Crippen LogP contribution in [0.2, 0.25) is 0 Å². The maximum absolute atomic E-state index is 13.3. The molecule has 3 heterocycles. The van der Waals surface area contributed by atoms with Crippen LogP contribution in [-0.4, -0.2) is 32.4 Å². The molecule has 0 bridgehead atoms. The molecule has 0 aliphatic rings. The van der Waals surface area contributed by atoms with Crippen LogP contribution in [0.15, 0.2) is 52.5 Å². The molecule has 0 saturated carbocycles. The minimum absolute atomic E-state index is 0.0511. The molecule has 0 aliphatic carbocycles. The number of hydrogen-bond acceptors (Lipinski definition) is 4. The Morgan fingerprint density at radius 1 is 1.14 bits per heavy atom. The number of rotatable bonds is 5. The van der Waals surface area contributed by atoms with E-state index in [1.54, 1.807) is 30.1 Å². The van der Waals surface area contributed by atoms with Gasteiger partial charge in [0.25, 0.3) is 5.56 Å². The van der Waals surface area contributed by atoms with Crippen LogP contribution in [0, 0.1) is 0 Å². The van der Waals surface area contributed by atoms with Gasteiger partial charge in [0.05, 0.1) is 17.6 Å². The fourth-order valence-corrected chi connectivity index (χ4v) is 3.37. The molecule has 10 heteroatoms. The summed E-state index contributed by atoms with van der Waals surface area (Å²) in [7, 11) is 0. The van der Waals surface area contributed by atoms with Gasteiger partial charge < -0.3 is 4.57 Å². The Balaban J connectivity index is 2.04. The number of halogens is 5. The lowest BCUT2D eigenvalue weighted by Gasteiger charge is -2.20. The number of alkyl halides is 5. The lowest BCUT2D eigenvalue weighted by atomic mass is 10.1. The highest BCUT2D eigenvalue weighted by molar-refractivity contribution is 7.99. The molecule has 0 amide bonds. The minimum atomic E-state index is -5.74. The Labute approximate surface area is 160 Å². The van der Waals surface area contributed by atoms with Crippen molar-refractivity contribution in [2.45, 2.75) is 30.5 Å². The first kappa shape index (κ1) is 20.2. The van der Waals surface area contributed by atoms with Crippen molar-refractivity contribution in [1.82, 2.24) is 14.5 Å². The van der Waals surface area contributed by atoms with Crippen LogP contribution < -0.4 is 5.56 Å². The smallest absolute Gasteiger partial charge is 0.308 e. The van der Waals surface area contributed by atoms with E-state index in [1.807, 2.05) is 13.0 Å². The molecule has 148 valence electrons. The van der Waals surface area contributed by atoms with Crippen LogP contribution in [0.1, 0.15) is 6.92 Å². The number of aromatic nitrogens is 3. The van der Waals surface area contributed by atoms with Gasteiger partial charge in [-0.05, 0) is 35.4 Å². The van der Waals surface area contributed by atoms with Gasteiger partial charge in [0, 0.05) is 23.5 Å². The van der Waals surface area contributed by atoms with Crippen LogP contribution in [0.3, 0.4) is 0 Å². The van der Waals surface area contributed by atoms with E-state index in [-0.39, 0.29) is 5.39 Å². The number of hydrogen-bond donors (Lipinski definition) is 0. The van der Waals surface area contributed by atoms with Crippen LogP contribution in [0.25, 0.3) is 22.2 Å². The Morgan fingerprint density at radius 2 is 1.89 bits per heavy atom. The zero-order chi connectivity index (χ0) is 20.5. The predicted octanol–water partition coefficient (Wildman–Crippen LogP) is 4.77. The highest BCUT2D eigenvalue weighted by atomic mass is 32.2. The lowest BCUT2D eigenvalue weighted by Crippen LogP contribution is -2.42. The Kier molecular flexibility index (Phi) is 5.42. The Morgan fingerprint density at radius 3 is 2.57 bits per heavy atom. The summed E-state index contributed by atoms with van der Waals surface area (Å²) in [6.07, 6.45) is -2.05. The average Bonchev–Trinajstić information content (AvgIpc) is 2.63. The van der Waals surface area contributed by atoms with E-state index in [9.17, 15) is 26.7 Å². The van der Waals surface area contributed by atoms with E-state index in [4.69, 9.17) is 0 Å². The highest BCUT2D eigenvalue weighted by Gasteiger charge is 2.57. The predicted molar refractivity (Wildman–Crippen MR) is 96.6 cm³/mol. The fraction of sp³-hybridized carbons (Fsp3) is 0.278. The minimum Gasteiger partial charge on any atom is -0.308 e. The van der Waals surface area contributed by atoms with E-state index in [2.05, 4.69) is 9.97 Å². The van der Waals surface area contributed by atoms with E-state index >= 15 is 0 Å². The molecule has 0 fully saturated rings. The first-order valence-corrected chi connectivity index (χ1v) is 9.14. The van der Waals surface area contributed by atoms with Crippen molar-refractivity contribution in [3.05, 3.63) is 53.2 Å². The summed E-state index contributed by atoms with van der Waals surface area (Å²) >= 11 is 1.56. The summed E-state index contributed by atoms with van der Waals surface area (Å²) < 4.78 is 64.2. The summed E-state index contributed by atoms with van der Waals surface area (Å²) in [6, 6.07) is 6.52. The van der Waals surface area contributed by atoms with Crippen molar-refractivity contribution >= 4 is 22.5 Å². The molecular weight excluding hydrogens is 401 g/mol. The summed E-state index contributed by atoms with van der Waals surface area (Å²) in [4.78, 5) is 21.7. The van der Waals surface area contributed by atoms with Gasteiger partial charge in [0.2, 0.25) is 0 Å². The van der Waals surface area contributed by atoms with Gasteiger partial charge in [0.15, 0.2) is 0 Å². The second kappa shape index (κ2) is 7.50. The normalized spacial score (nSPS) is 12.5. The summed E-state index contributed by atoms with van der Waals surface area (Å²) in [5.41, 5.74) is 0.107. The summed E-state index contributed by atoms with van der Waals surface area (Å²) in [5, 5.41) is 0.324. The molecule has 3 rings (SSSR count). The molecule has 3 aromatic heterocycles. The van der Waals surface area contributed by atoms with Crippen molar-refractivity contribution in [3.8, 4) is 11.4 Å². The summed E-state index contributed by atoms with van der Waals surface area (Å²) in [6.45, 7) is 0.193. The maximum atomic E-state index is 13.3. The van der Waals surface area contributed by atoms with Crippen molar-refractivity contribution in [2.75, 3.05) is 5.75 Å². The molecule has 0 spiro atoms. The summed E-state index contributed by atoms with van der Waals surface area (Å²) in [5.74, 6) is -4.21. The van der Waals surface area contributed by atoms with Gasteiger partial charge in [-0.1, -0.05) is 6.92 Å². The van der Waals surface area contributed by atoms with Crippen LogP contribution >= 0.6 is 11.8 Å². The fourth-order valence-electron chi connectivity index (χ4n) is 2.59. The third kappa shape index (κ3) is 3.87. The first-order valence-electron chi connectivity index (χ1n) is 8.16. The topological polar surface area (TPSA) is 47.8 Å². The molecular formula is C18H14F5N3OS. The molecule has 0 N–H and O–H groups in total. The molecule has 0 unspecified atom stereocenters. The van der Waals surface area contributed by atoms with Gasteiger partial charge in [-0.15, -0.1) is 11.8 Å². The highest BCUT2D eigenvalue weighted by Crippen LogP contribution is 2.36. The van der Waals surface area contributed by atoms with Crippen molar-refractivity contribution in [3.63, 3.8) is 0 Å². The second-order valence-corrected chi connectivity index (χ2v) is 7.20. The van der Waals surface area contributed by atoms with Crippen molar-refractivity contribution in [2.24, 2.45) is 0 Å². The standard InChI is InChI=1S/C18H14F5N3OS/c1-2-28-14-4-3-6-24-15(14)13-8-11-5-7-26(16(27)12(11)9-25-13)10-17(19,20)18(21,22)23/h3-9H,2,10H2,1H3. The molecule has 0 atom stereocenters. The van der Waals surface area contributed by atoms with Crippen LogP contribution in [-0.2, 0) is 6.54 Å². The molecule has 4 nitrogen and oxygen atoms in total. The van der Waals surface area contributed by atoms with Crippen molar-refractivity contribution < 1.29 is 22.0 Å². The monoisotopic (exact) mass is 415 g/mol. The zero-order valence-electron chi connectivity index (χ0n) is 14.5. The number of fused-ring (bicyclic) bond motifs is 1.